The van der Waals surface area contributed by atoms with Crippen molar-refractivity contribution < 1.29 is 14.3 Å². The van der Waals surface area contributed by atoms with Gasteiger partial charge >= 0.3 is 5.97 Å². The average molecular weight is 213 g/mol. The molecule has 0 saturated heterocycles. The van der Waals surface area contributed by atoms with E-state index in [-0.39, 0.29) is 12.5 Å². The van der Waals surface area contributed by atoms with E-state index in [1.54, 1.807) is 0 Å². The summed E-state index contributed by atoms with van der Waals surface area (Å²) in [7, 11) is 1.29. The van der Waals surface area contributed by atoms with Crippen molar-refractivity contribution in [3.05, 3.63) is 11.6 Å². The van der Waals surface area contributed by atoms with Crippen LogP contribution < -0.4 is 5.32 Å². The second-order valence-electron chi connectivity index (χ2n) is 3.39. The molecule has 86 valence electrons. The third-order valence-corrected chi connectivity index (χ3v) is 1.94. The van der Waals surface area contributed by atoms with E-state index in [0.29, 0.717) is 0 Å². The number of carbonyl (C=O) groups excluding carboxylic acids is 2. The number of esters is 1. The molecule has 0 atom stereocenters. The first-order valence-corrected chi connectivity index (χ1v) is 5.12. The standard InChI is InChI=1S/C11H19NO3/c1-4-5-6-9(2)7-10(13)12-8-11(14)15-3/h7H,4-6,8H2,1-3H3,(H,12,13)/b9-7+. The summed E-state index contributed by atoms with van der Waals surface area (Å²) in [5, 5.41) is 2.45. The molecule has 0 saturated carbocycles. The summed E-state index contributed by atoms with van der Waals surface area (Å²) in [5.41, 5.74) is 1.03. The van der Waals surface area contributed by atoms with Gasteiger partial charge in [-0.1, -0.05) is 18.9 Å². The molecule has 0 aliphatic heterocycles. The smallest absolute Gasteiger partial charge is 0.325 e. The predicted molar refractivity (Wildman–Crippen MR) is 58.3 cm³/mol. The number of hydrogen-bond acceptors (Lipinski definition) is 3. The van der Waals surface area contributed by atoms with E-state index in [1.165, 1.54) is 13.2 Å². The Morgan fingerprint density at radius 3 is 2.60 bits per heavy atom. The number of rotatable bonds is 6. The molecule has 1 N–H and O–H groups in total. The molecule has 0 spiro atoms. The maximum atomic E-state index is 11.2. The van der Waals surface area contributed by atoms with Crippen LogP contribution in [0, 0.1) is 0 Å². The van der Waals surface area contributed by atoms with E-state index < -0.39 is 5.97 Å². The minimum atomic E-state index is -0.442. The largest absolute Gasteiger partial charge is 0.468 e. The van der Waals surface area contributed by atoms with Crippen molar-refractivity contribution in [3.63, 3.8) is 0 Å². The molecule has 0 radical (unpaired) electrons. The van der Waals surface area contributed by atoms with Crippen LogP contribution in [-0.2, 0) is 14.3 Å². The number of ether oxygens (including phenoxy) is 1. The molecule has 0 aliphatic rings. The molecule has 0 bridgehead atoms. The summed E-state index contributed by atoms with van der Waals surface area (Å²) < 4.78 is 4.40. The van der Waals surface area contributed by atoms with Crippen molar-refractivity contribution in [2.45, 2.75) is 33.1 Å². The van der Waals surface area contributed by atoms with Crippen LogP contribution in [0.5, 0.6) is 0 Å². The number of unbranched alkanes of at least 4 members (excludes halogenated alkanes) is 1. The Labute approximate surface area is 90.7 Å². The van der Waals surface area contributed by atoms with Gasteiger partial charge in [0.15, 0.2) is 0 Å². The van der Waals surface area contributed by atoms with Crippen molar-refractivity contribution in [3.8, 4) is 0 Å². The van der Waals surface area contributed by atoms with Gasteiger partial charge in [0.25, 0.3) is 0 Å². The number of hydrogen-bond donors (Lipinski definition) is 1. The van der Waals surface area contributed by atoms with Crippen molar-refractivity contribution >= 4 is 11.9 Å². The van der Waals surface area contributed by atoms with Crippen LogP contribution in [0.4, 0.5) is 0 Å². The molecule has 0 aromatic rings. The number of nitrogens with one attached hydrogen (secondary N) is 1. The van der Waals surface area contributed by atoms with E-state index in [2.05, 4.69) is 17.0 Å². The van der Waals surface area contributed by atoms with Crippen LogP contribution in [-0.4, -0.2) is 25.5 Å². The Morgan fingerprint density at radius 1 is 1.40 bits per heavy atom. The number of methoxy groups -OCH3 is 1. The van der Waals surface area contributed by atoms with Gasteiger partial charge in [-0.2, -0.15) is 0 Å². The van der Waals surface area contributed by atoms with Crippen LogP contribution in [0.1, 0.15) is 33.1 Å². The van der Waals surface area contributed by atoms with Crippen LogP contribution >= 0.6 is 0 Å². The highest BCUT2D eigenvalue weighted by molar-refractivity contribution is 5.90. The zero-order valence-corrected chi connectivity index (χ0v) is 9.63. The molecule has 0 rings (SSSR count). The highest BCUT2D eigenvalue weighted by atomic mass is 16.5. The lowest BCUT2D eigenvalue weighted by Gasteiger charge is -2.02. The van der Waals surface area contributed by atoms with E-state index in [0.717, 1.165) is 24.8 Å². The van der Waals surface area contributed by atoms with Gasteiger partial charge in [-0.3, -0.25) is 9.59 Å². The zero-order chi connectivity index (χ0) is 11.7. The Balaban J connectivity index is 3.85. The lowest BCUT2D eigenvalue weighted by Crippen LogP contribution is -2.28. The second-order valence-corrected chi connectivity index (χ2v) is 3.39. The van der Waals surface area contributed by atoms with E-state index in [1.807, 2.05) is 6.92 Å². The first kappa shape index (κ1) is 13.7. The normalized spacial score (nSPS) is 11.0. The first-order chi connectivity index (χ1) is 7.10. The maximum Gasteiger partial charge on any atom is 0.325 e. The predicted octanol–water partition coefficient (Wildman–Crippen LogP) is 1.41. The van der Waals surface area contributed by atoms with E-state index >= 15 is 0 Å². The van der Waals surface area contributed by atoms with Crippen LogP contribution in [0.15, 0.2) is 11.6 Å². The van der Waals surface area contributed by atoms with Gasteiger partial charge in [0.1, 0.15) is 6.54 Å². The lowest BCUT2D eigenvalue weighted by atomic mass is 10.1. The molecule has 15 heavy (non-hydrogen) atoms. The minimum Gasteiger partial charge on any atom is -0.468 e. The number of carbonyl (C=O) groups is 2. The molecule has 0 aromatic carbocycles. The second kappa shape index (κ2) is 8.03. The molecule has 0 heterocycles. The van der Waals surface area contributed by atoms with Crippen LogP contribution in [0.3, 0.4) is 0 Å². The van der Waals surface area contributed by atoms with Gasteiger partial charge < -0.3 is 10.1 Å². The van der Waals surface area contributed by atoms with E-state index in [4.69, 9.17) is 0 Å². The van der Waals surface area contributed by atoms with Crippen molar-refractivity contribution in [2.75, 3.05) is 13.7 Å². The maximum absolute atomic E-state index is 11.2. The van der Waals surface area contributed by atoms with Crippen molar-refractivity contribution in [2.24, 2.45) is 0 Å². The third kappa shape index (κ3) is 7.73. The Hall–Kier alpha value is -1.32. The summed E-state index contributed by atoms with van der Waals surface area (Å²) in [5.74, 6) is -0.683. The Bertz CT molecular complexity index is 246. The summed E-state index contributed by atoms with van der Waals surface area (Å²) in [6.45, 7) is 3.94. The van der Waals surface area contributed by atoms with Gasteiger partial charge in [0.05, 0.1) is 7.11 Å². The molecule has 1 amide bonds. The Morgan fingerprint density at radius 2 is 2.07 bits per heavy atom. The fourth-order valence-corrected chi connectivity index (χ4v) is 1.03. The molecular weight excluding hydrogens is 194 g/mol. The monoisotopic (exact) mass is 213 g/mol. The van der Waals surface area contributed by atoms with Gasteiger partial charge in [0, 0.05) is 6.08 Å². The third-order valence-electron chi connectivity index (χ3n) is 1.94. The summed E-state index contributed by atoms with van der Waals surface area (Å²) in [6.07, 6.45) is 4.63. The SMILES string of the molecule is CCCC/C(C)=C/C(=O)NCC(=O)OC. The molecule has 0 aliphatic carbocycles. The summed E-state index contributed by atoms with van der Waals surface area (Å²) in [4.78, 5) is 22.0. The molecule has 0 unspecified atom stereocenters. The van der Waals surface area contributed by atoms with Gasteiger partial charge in [-0.25, -0.2) is 0 Å². The number of allylic oxidation sites excluding steroid dienone is 1. The fraction of sp³-hybridized carbons (Fsp3) is 0.636. The molecular formula is C11H19NO3. The summed E-state index contributed by atoms with van der Waals surface area (Å²) in [6, 6.07) is 0. The minimum absolute atomic E-state index is 0.0765. The van der Waals surface area contributed by atoms with Crippen molar-refractivity contribution in [1.82, 2.24) is 5.32 Å². The quantitative estimate of drug-likeness (QED) is 0.536. The van der Waals surface area contributed by atoms with Crippen LogP contribution in [0.2, 0.25) is 0 Å². The highest BCUT2D eigenvalue weighted by Gasteiger charge is 2.02. The lowest BCUT2D eigenvalue weighted by molar-refractivity contribution is -0.140. The van der Waals surface area contributed by atoms with Gasteiger partial charge in [0.2, 0.25) is 5.91 Å². The van der Waals surface area contributed by atoms with Gasteiger partial charge in [-0.05, 0) is 19.8 Å². The summed E-state index contributed by atoms with van der Waals surface area (Å²) >= 11 is 0. The molecule has 4 heteroatoms. The molecule has 0 aromatic heterocycles. The molecule has 4 nitrogen and oxygen atoms in total. The Kier molecular flexibility index (Phi) is 7.32. The van der Waals surface area contributed by atoms with Crippen LogP contribution in [0.25, 0.3) is 0 Å². The van der Waals surface area contributed by atoms with Crippen molar-refractivity contribution in [1.29, 1.82) is 0 Å². The average Bonchev–Trinajstić information content (AvgIpc) is 2.22. The van der Waals surface area contributed by atoms with E-state index in [9.17, 15) is 9.59 Å². The topological polar surface area (TPSA) is 55.4 Å². The first-order valence-electron chi connectivity index (χ1n) is 5.12. The van der Waals surface area contributed by atoms with Gasteiger partial charge in [-0.15, -0.1) is 0 Å². The fourth-order valence-electron chi connectivity index (χ4n) is 1.03. The molecule has 0 fully saturated rings. The number of amides is 1. The highest BCUT2D eigenvalue weighted by Crippen LogP contribution is 2.05. The zero-order valence-electron chi connectivity index (χ0n) is 9.63.